The van der Waals surface area contributed by atoms with E-state index in [0.717, 1.165) is 5.57 Å². The third-order valence-corrected chi connectivity index (χ3v) is 2.96. The molecule has 1 aliphatic carbocycles. The first-order chi connectivity index (χ1) is 7.03. The highest BCUT2D eigenvalue weighted by Gasteiger charge is 2.37. The van der Waals surface area contributed by atoms with Gasteiger partial charge in [0, 0.05) is 17.2 Å². The monoisotopic (exact) mass is 221 g/mol. The zero-order chi connectivity index (χ0) is 12.7. The quantitative estimate of drug-likeness (QED) is 0.683. The van der Waals surface area contributed by atoms with Gasteiger partial charge < -0.3 is 5.73 Å². The summed E-state index contributed by atoms with van der Waals surface area (Å²) in [5.41, 5.74) is 7.24. The number of hydrogen-bond donors (Lipinski definition) is 1. The van der Waals surface area contributed by atoms with Crippen molar-refractivity contribution in [3.63, 3.8) is 0 Å². The molecule has 0 radical (unpaired) electrons. The summed E-state index contributed by atoms with van der Waals surface area (Å²) in [6.45, 7) is 12.4. The maximum absolute atomic E-state index is 12.4. The van der Waals surface area contributed by atoms with Crippen LogP contribution in [0.15, 0.2) is 23.4 Å². The summed E-state index contributed by atoms with van der Waals surface area (Å²) in [4.78, 5) is 12.4. The van der Waals surface area contributed by atoms with E-state index >= 15 is 0 Å². The summed E-state index contributed by atoms with van der Waals surface area (Å²) >= 11 is 0. The van der Waals surface area contributed by atoms with Gasteiger partial charge in [0.2, 0.25) is 0 Å². The van der Waals surface area contributed by atoms with Crippen LogP contribution in [0.2, 0.25) is 0 Å². The van der Waals surface area contributed by atoms with Crippen molar-refractivity contribution in [1.82, 2.24) is 0 Å². The summed E-state index contributed by atoms with van der Waals surface area (Å²) in [7, 11) is 0. The Morgan fingerprint density at radius 3 is 2.00 bits per heavy atom. The van der Waals surface area contributed by atoms with Crippen LogP contribution >= 0.6 is 0 Å². The van der Waals surface area contributed by atoms with Gasteiger partial charge in [-0.15, -0.1) is 0 Å². The summed E-state index contributed by atoms with van der Waals surface area (Å²) in [6, 6.07) is 0. The molecule has 0 amide bonds. The van der Waals surface area contributed by atoms with Gasteiger partial charge in [-0.25, -0.2) is 0 Å². The van der Waals surface area contributed by atoms with E-state index in [4.69, 9.17) is 5.73 Å². The maximum atomic E-state index is 12.4. The molecule has 0 aromatic rings. The predicted molar refractivity (Wildman–Crippen MR) is 67.8 cm³/mol. The number of carbonyl (C=O) groups excluding carboxylic acids is 1. The van der Waals surface area contributed by atoms with Crippen molar-refractivity contribution in [2.24, 2.45) is 22.5 Å². The molecule has 0 heterocycles. The fourth-order valence-corrected chi connectivity index (χ4v) is 1.95. The summed E-state index contributed by atoms with van der Waals surface area (Å²) in [5, 5.41) is 0. The van der Waals surface area contributed by atoms with Crippen molar-refractivity contribution >= 4 is 5.78 Å². The van der Waals surface area contributed by atoms with Gasteiger partial charge in [0.25, 0.3) is 0 Å². The molecular weight excluding hydrogens is 198 g/mol. The number of carbonyl (C=O) groups is 1. The minimum absolute atomic E-state index is 0.0769. The average Bonchev–Trinajstić information content (AvgIpc) is 2.04. The standard InChI is InChI=1S/C14H23NO/c1-13(2,3)10-7-9(15)8-11(12(10)16)14(4,5)6/h7-8,10H,15H2,1-6H3. The van der Waals surface area contributed by atoms with Crippen LogP contribution in [0.5, 0.6) is 0 Å². The second-order valence-electron chi connectivity index (χ2n) is 6.68. The molecule has 90 valence electrons. The first-order valence-electron chi connectivity index (χ1n) is 5.77. The van der Waals surface area contributed by atoms with Crippen LogP contribution in [0.25, 0.3) is 0 Å². The normalized spacial score (nSPS) is 22.9. The maximum Gasteiger partial charge on any atom is 0.166 e. The molecule has 0 spiro atoms. The minimum atomic E-state index is -0.139. The Labute approximate surface area is 98.6 Å². The van der Waals surface area contributed by atoms with Crippen molar-refractivity contribution < 1.29 is 4.79 Å². The summed E-state index contributed by atoms with van der Waals surface area (Å²) in [6.07, 6.45) is 3.71. The van der Waals surface area contributed by atoms with E-state index in [0.29, 0.717) is 5.70 Å². The third-order valence-electron chi connectivity index (χ3n) is 2.96. The highest BCUT2D eigenvalue weighted by Crippen LogP contribution is 2.38. The lowest BCUT2D eigenvalue weighted by molar-refractivity contribution is -0.121. The number of nitrogens with two attached hydrogens (primary N) is 1. The van der Waals surface area contributed by atoms with Crippen LogP contribution in [0.3, 0.4) is 0 Å². The fourth-order valence-electron chi connectivity index (χ4n) is 1.95. The summed E-state index contributed by atoms with van der Waals surface area (Å²) in [5.74, 6) is 0.112. The molecule has 2 nitrogen and oxygen atoms in total. The van der Waals surface area contributed by atoms with Crippen LogP contribution in [-0.2, 0) is 4.79 Å². The Kier molecular flexibility index (Phi) is 3.06. The number of rotatable bonds is 0. The van der Waals surface area contributed by atoms with E-state index in [1.54, 1.807) is 0 Å². The molecule has 0 fully saturated rings. The lowest BCUT2D eigenvalue weighted by atomic mass is 9.69. The predicted octanol–water partition coefficient (Wildman–Crippen LogP) is 3.05. The Balaban J connectivity index is 3.19. The molecular formula is C14H23NO. The van der Waals surface area contributed by atoms with Crippen LogP contribution in [0.4, 0.5) is 0 Å². The number of ketones is 1. The first-order valence-corrected chi connectivity index (χ1v) is 5.77. The van der Waals surface area contributed by atoms with Crippen LogP contribution < -0.4 is 5.73 Å². The van der Waals surface area contributed by atoms with Gasteiger partial charge >= 0.3 is 0 Å². The van der Waals surface area contributed by atoms with Crippen LogP contribution in [-0.4, -0.2) is 5.78 Å². The molecule has 0 aromatic carbocycles. The van der Waals surface area contributed by atoms with E-state index in [1.807, 2.05) is 12.2 Å². The molecule has 2 N–H and O–H groups in total. The molecule has 0 aromatic heterocycles. The van der Waals surface area contributed by atoms with Crippen molar-refractivity contribution in [2.75, 3.05) is 0 Å². The number of allylic oxidation sites excluding steroid dienone is 3. The van der Waals surface area contributed by atoms with Gasteiger partial charge in [-0.1, -0.05) is 47.6 Å². The molecule has 1 atom stereocenters. The smallest absolute Gasteiger partial charge is 0.166 e. The Morgan fingerprint density at radius 2 is 1.62 bits per heavy atom. The van der Waals surface area contributed by atoms with E-state index in [9.17, 15) is 4.79 Å². The second-order valence-corrected chi connectivity index (χ2v) is 6.68. The Morgan fingerprint density at radius 1 is 1.12 bits per heavy atom. The third kappa shape index (κ3) is 2.55. The molecule has 1 unspecified atom stereocenters. The van der Waals surface area contributed by atoms with E-state index in [-0.39, 0.29) is 22.5 Å². The topological polar surface area (TPSA) is 43.1 Å². The van der Waals surface area contributed by atoms with Crippen molar-refractivity contribution in [2.45, 2.75) is 41.5 Å². The van der Waals surface area contributed by atoms with Gasteiger partial charge in [-0.05, 0) is 16.9 Å². The minimum Gasteiger partial charge on any atom is -0.399 e. The molecule has 16 heavy (non-hydrogen) atoms. The van der Waals surface area contributed by atoms with E-state index in [1.165, 1.54) is 0 Å². The van der Waals surface area contributed by atoms with Crippen molar-refractivity contribution in [1.29, 1.82) is 0 Å². The molecule has 0 aliphatic heterocycles. The SMILES string of the molecule is CC(C)(C)C1=CC(N)=CC(C(C)(C)C)C1=O. The highest BCUT2D eigenvalue weighted by molar-refractivity contribution is 6.01. The Hall–Kier alpha value is -1.05. The number of hydrogen-bond acceptors (Lipinski definition) is 2. The molecule has 2 heteroatoms. The van der Waals surface area contributed by atoms with Crippen molar-refractivity contribution in [3.05, 3.63) is 23.4 Å². The first kappa shape index (κ1) is 13.0. The van der Waals surface area contributed by atoms with Gasteiger partial charge in [-0.3, -0.25) is 4.79 Å². The average molecular weight is 221 g/mol. The lowest BCUT2D eigenvalue weighted by Crippen LogP contribution is -2.35. The van der Waals surface area contributed by atoms with Gasteiger partial charge in [0.15, 0.2) is 5.78 Å². The van der Waals surface area contributed by atoms with Gasteiger partial charge in [0.05, 0.1) is 0 Å². The summed E-state index contributed by atoms with van der Waals surface area (Å²) < 4.78 is 0. The van der Waals surface area contributed by atoms with Crippen LogP contribution in [0.1, 0.15) is 41.5 Å². The lowest BCUT2D eigenvalue weighted by Gasteiger charge is -2.34. The molecule has 0 bridgehead atoms. The zero-order valence-electron chi connectivity index (χ0n) is 11.2. The van der Waals surface area contributed by atoms with Gasteiger partial charge in [-0.2, -0.15) is 0 Å². The van der Waals surface area contributed by atoms with Crippen molar-refractivity contribution in [3.8, 4) is 0 Å². The molecule has 0 saturated heterocycles. The van der Waals surface area contributed by atoms with E-state index in [2.05, 4.69) is 41.5 Å². The zero-order valence-corrected chi connectivity index (χ0v) is 11.2. The number of Topliss-reactive ketones (excluding diaryl/α,β-unsaturated/α-hetero) is 1. The van der Waals surface area contributed by atoms with Gasteiger partial charge in [0.1, 0.15) is 0 Å². The Bertz CT molecular complexity index is 361. The molecule has 0 saturated carbocycles. The highest BCUT2D eigenvalue weighted by atomic mass is 16.1. The largest absolute Gasteiger partial charge is 0.399 e. The van der Waals surface area contributed by atoms with Crippen LogP contribution in [0, 0.1) is 16.7 Å². The fraction of sp³-hybridized carbons (Fsp3) is 0.643. The molecule has 1 aliphatic rings. The molecule has 1 rings (SSSR count). The second kappa shape index (κ2) is 3.76. The van der Waals surface area contributed by atoms with E-state index < -0.39 is 0 Å².